The van der Waals surface area contributed by atoms with Crippen molar-refractivity contribution >= 4 is 5.82 Å². The number of hydrogen-bond donors (Lipinski definition) is 1. The molecule has 1 aromatic carbocycles. The lowest BCUT2D eigenvalue weighted by molar-refractivity contribution is 0.332. The maximum atomic E-state index is 8.70. The number of hydrogen-bond acceptors (Lipinski definition) is 4. The highest BCUT2D eigenvalue weighted by Crippen LogP contribution is 2.11. The lowest BCUT2D eigenvalue weighted by Crippen LogP contribution is -2.12. The SMILES string of the molecule is CC(C)n1ccc(NCCOc2ccc(C#N)cc2)n1. The number of nitrogens with zero attached hydrogens (tertiary/aromatic N) is 3. The first-order chi connectivity index (χ1) is 9.69. The zero-order valence-corrected chi connectivity index (χ0v) is 11.7. The molecule has 0 saturated heterocycles. The molecule has 0 amide bonds. The van der Waals surface area contributed by atoms with Crippen LogP contribution in [-0.2, 0) is 0 Å². The molecule has 0 saturated carbocycles. The van der Waals surface area contributed by atoms with Crippen LogP contribution >= 0.6 is 0 Å². The standard InChI is InChI=1S/C15H18N4O/c1-12(2)19-9-7-15(18-19)17-8-10-20-14-5-3-13(11-16)4-6-14/h3-7,9,12H,8,10H2,1-2H3,(H,17,18). The third-order valence-electron chi connectivity index (χ3n) is 2.80. The van der Waals surface area contributed by atoms with E-state index in [-0.39, 0.29) is 0 Å². The Morgan fingerprint density at radius 1 is 1.30 bits per heavy atom. The Morgan fingerprint density at radius 2 is 2.05 bits per heavy atom. The van der Waals surface area contributed by atoms with E-state index in [0.29, 0.717) is 24.8 Å². The molecular weight excluding hydrogens is 252 g/mol. The maximum absolute atomic E-state index is 8.70. The number of anilines is 1. The Labute approximate surface area is 118 Å². The van der Waals surface area contributed by atoms with E-state index in [9.17, 15) is 0 Å². The van der Waals surface area contributed by atoms with Gasteiger partial charge in [0.15, 0.2) is 0 Å². The summed E-state index contributed by atoms with van der Waals surface area (Å²) in [5, 5.41) is 16.3. The number of benzene rings is 1. The molecule has 20 heavy (non-hydrogen) atoms. The van der Waals surface area contributed by atoms with Crippen molar-refractivity contribution in [1.29, 1.82) is 5.26 Å². The molecule has 1 aromatic heterocycles. The third kappa shape index (κ3) is 3.75. The van der Waals surface area contributed by atoms with Crippen molar-refractivity contribution in [3.8, 4) is 11.8 Å². The van der Waals surface area contributed by atoms with Gasteiger partial charge in [-0.15, -0.1) is 0 Å². The van der Waals surface area contributed by atoms with Crippen molar-refractivity contribution in [1.82, 2.24) is 9.78 Å². The molecule has 0 spiro atoms. The van der Waals surface area contributed by atoms with Crippen LogP contribution in [0.25, 0.3) is 0 Å². The van der Waals surface area contributed by atoms with Crippen molar-refractivity contribution in [2.24, 2.45) is 0 Å². The van der Waals surface area contributed by atoms with Gasteiger partial charge in [0.1, 0.15) is 18.2 Å². The monoisotopic (exact) mass is 270 g/mol. The second-order valence-electron chi connectivity index (χ2n) is 4.69. The molecule has 5 nitrogen and oxygen atoms in total. The van der Waals surface area contributed by atoms with Gasteiger partial charge < -0.3 is 10.1 Å². The quantitative estimate of drug-likeness (QED) is 0.820. The summed E-state index contributed by atoms with van der Waals surface area (Å²) in [6.45, 7) is 5.39. The molecule has 0 fully saturated rings. The van der Waals surface area contributed by atoms with Crippen LogP contribution in [0, 0.1) is 11.3 Å². The van der Waals surface area contributed by atoms with E-state index in [2.05, 4.69) is 30.3 Å². The van der Waals surface area contributed by atoms with E-state index < -0.39 is 0 Å². The topological polar surface area (TPSA) is 62.9 Å². The maximum Gasteiger partial charge on any atom is 0.148 e. The van der Waals surface area contributed by atoms with Gasteiger partial charge in [-0.1, -0.05) is 0 Å². The first-order valence-electron chi connectivity index (χ1n) is 6.61. The van der Waals surface area contributed by atoms with E-state index in [4.69, 9.17) is 10.00 Å². The molecule has 0 aliphatic carbocycles. The van der Waals surface area contributed by atoms with Gasteiger partial charge in [-0.3, -0.25) is 4.68 Å². The van der Waals surface area contributed by atoms with Gasteiger partial charge in [0.25, 0.3) is 0 Å². The van der Waals surface area contributed by atoms with Gasteiger partial charge in [0.2, 0.25) is 0 Å². The van der Waals surface area contributed by atoms with Crippen molar-refractivity contribution < 1.29 is 4.74 Å². The molecule has 1 N–H and O–H groups in total. The Hall–Kier alpha value is -2.48. The minimum atomic E-state index is 0.362. The van der Waals surface area contributed by atoms with Crippen LogP contribution in [0.1, 0.15) is 25.5 Å². The zero-order valence-electron chi connectivity index (χ0n) is 11.7. The summed E-state index contributed by atoms with van der Waals surface area (Å²) in [5.74, 6) is 1.61. The summed E-state index contributed by atoms with van der Waals surface area (Å²) in [6, 6.07) is 11.5. The Morgan fingerprint density at radius 3 is 2.65 bits per heavy atom. The molecule has 5 heteroatoms. The molecular formula is C15H18N4O. The van der Waals surface area contributed by atoms with E-state index in [1.54, 1.807) is 24.3 Å². The molecule has 0 aliphatic rings. The number of nitrogens with one attached hydrogen (secondary N) is 1. The first kappa shape index (κ1) is 13.9. The summed E-state index contributed by atoms with van der Waals surface area (Å²) < 4.78 is 7.48. The lowest BCUT2D eigenvalue weighted by atomic mass is 10.2. The fourth-order valence-corrected chi connectivity index (χ4v) is 1.69. The Bertz CT molecular complexity index is 581. The van der Waals surface area contributed by atoms with Crippen LogP contribution in [0.4, 0.5) is 5.82 Å². The highest BCUT2D eigenvalue weighted by Gasteiger charge is 2.01. The van der Waals surface area contributed by atoms with Crippen molar-refractivity contribution in [3.05, 3.63) is 42.1 Å². The molecule has 0 unspecified atom stereocenters. The first-order valence-corrected chi connectivity index (χ1v) is 6.61. The summed E-state index contributed by atoms with van der Waals surface area (Å²) in [5.41, 5.74) is 0.634. The van der Waals surface area contributed by atoms with E-state index in [1.807, 2.05) is 16.9 Å². The lowest BCUT2D eigenvalue weighted by Gasteiger charge is -2.07. The van der Waals surface area contributed by atoms with Crippen LogP contribution in [-0.4, -0.2) is 22.9 Å². The van der Waals surface area contributed by atoms with E-state index >= 15 is 0 Å². The Kier molecular flexibility index (Phi) is 4.61. The van der Waals surface area contributed by atoms with Crippen LogP contribution in [0.5, 0.6) is 5.75 Å². The second-order valence-corrected chi connectivity index (χ2v) is 4.69. The molecule has 0 bridgehead atoms. The normalized spacial score (nSPS) is 10.3. The van der Waals surface area contributed by atoms with Crippen LogP contribution in [0.15, 0.2) is 36.5 Å². The average Bonchev–Trinajstić information content (AvgIpc) is 2.93. The van der Waals surface area contributed by atoms with Gasteiger partial charge >= 0.3 is 0 Å². The smallest absolute Gasteiger partial charge is 0.148 e. The fourth-order valence-electron chi connectivity index (χ4n) is 1.69. The molecule has 0 aliphatic heterocycles. The molecule has 2 rings (SSSR count). The highest BCUT2D eigenvalue weighted by molar-refractivity contribution is 5.35. The molecule has 0 atom stereocenters. The largest absolute Gasteiger partial charge is 0.492 e. The molecule has 104 valence electrons. The van der Waals surface area contributed by atoms with Gasteiger partial charge in [-0.05, 0) is 38.1 Å². The van der Waals surface area contributed by atoms with Gasteiger partial charge in [-0.2, -0.15) is 10.4 Å². The van der Waals surface area contributed by atoms with Gasteiger partial charge in [0.05, 0.1) is 18.2 Å². The summed E-state index contributed by atoms with van der Waals surface area (Å²) in [6.07, 6.45) is 1.95. The zero-order chi connectivity index (χ0) is 14.4. The second kappa shape index (κ2) is 6.62. The van der Waals surface area contributed by atoms with Crippen molar-refractivity contribution in [2.75, 3.05) is 18.5 Å². The fraction of sp³-hybridized carbons (Fsp3) is 0.333. The summed E-state index contributed by atoms with van der Waals surface area (Å²) >= 11 is 0. The average molecular weight is 270 g/mol. The summed E-state index contributed by atoms with van der Waals surface area (Å²) in [7, 11) is 0. The number of aromatic nitrogens is 2. The molecule has 1 heterocycles. The van der Waals surface area contributed by atoms with Crippen LogP contribution in [0.3, 0.4) is 0 Å². The van der Waals surface area contributed by atoms with Crippen molar-refractivity contribution in [3.63, 3.8) is 0 Å². The van der Waals surface area contributed by atoms with Gasteiger partial charge in [-0.25, -0.2) is 0 Å². The minimum Gasteiger partial charge on any atom is -0.492 e. The predicted octanol–water partition coefficient (Wildman–Crippen LogP) is 2.83. The Balaban J connectivity index is 1.74. The third-order valence-corrected chi connectivity index (χ3v) is 2.80. The summed E-state index contributed by atoms with van der Waals surface area (Å²) in [4.78, 5) is 0. The van der Waals surface area contributed by atoms with E-state index in [1.165, 1.54) is 0 Å². The van der Waals surface area contributed by atoms with Crippen molar-refractivity contribution in [2.45, 2.75) is 19.9 Å². The minimum absolute atomic E-state index is 0.362. The van der Waals surface area contributed by atoms with Crippen LogP contribution < -0.4 is 10.1 Å². The number of nitriles is 1. The highest BCUT2D eigenvalue weighted by atomic mass is 16.5. The van der Waals surface area contributed by atoms with Gasteiger partial charge in [0, 0.05) is 18.3 Å². The predicted molar refractivity (Wildman–Crippen MR) is 77.8 cm³/mol. The number of ether oxygens (including phenoxy) is 1. The van der Waals surface area contributed by atoms with Crippen LogP contribution in [0.2, 0.25) is 0 Å². The number of rotatable bonds is 6. The molecule has 0 radical (unpaired) electrons. The van der Waals surface area contributed by atoms with E-state index in [0.717, 1.165) is 11.6 Å². The molecule has 2 aromatic rings.